The van der Waals surface area contributed by atoms with Crippen LogP contribution in [0.15, 0.2) is 24.3 Å². The minimum atomic E-state index is -0.414. The third-order valence-electron chi connectivity index (χ3n) is 6.06. The second-order valence-corrected chi connectivity index (χ2v) is 12.1. The maximum Gasteiger partial charge on any atom is 0.305 e. The summed E-state index contributed by atoms with van der Waals surface area (Å²) in [5.41, 5.74) is 2.20. The number of esters is 1. The van der Waals surface area contributed by atoms with Crippen molar-refractivity contribution in [3.63, 3.8) is 0 Å². The van der Waals surface area contributed by atoms with Crippen LogP contribution >= 0.6 is 0 Å². The van der Waals surface area contributed by atoms with Gasteiger partial charge in [0.25, 0.3) is 0 Å². The van der Waals surface area contributed by atoms with Gasteiger partial charge in [-0.3, -0.25) is 9.59 Å². The molecular weight excluding hydrogens is 428 g/mol. The monoisotopic (exact) mass is 468 g/mol. The fraction of sp³-hybridized carbons (Fsp3) is 0.517. The van der Waals surface area contributed by atoms with Gasteiger partial charge in [-0.2, -0.15) is 0 Å². The van der Waals surface area contributed by atoms with Crippen molar-refractivity contribution in [2.75, 3.05) is 7.11 Å². The number of benzene rings is 2. The Balaban J connectivity index is 2.76. The Bertz CT molecular complexity index is 1050. The molecule has 0 spiro atoms. The van der Waals surface area contributed by atoms with E-state index in [1.807, 2.05) is 68.4 Å². The van der Waals surface area contributed by atoms with Crippen LogP contribution in [0.2, 0.25) is 0 Å². The van der Waals surface area contributed by atoms with Crippen LogP contribution in [0.1, 0.15) is 107 Å². The van der Waals surface area contributed by atoms with Crippen molar-refractivity contribution in [2.24, 2.45) is 0 Å². The number of ether oxygens (including phenoxy) is 1. The third-order valence-corrected chi connectivity index (χ3v) is 6.06. The molecule has 0 saturated heterocycles. The highest BCUT2D eigenvalue weighted by Gasteiger charge is 2.30. The number of hydrogen-bond acceptors (Lipinski definition) is 5. The first kappa shape index (κ1) is 27.4. The van der Waals surface area contributed by atoms with Crippen molar-refractivity contribution in [1.29, 1.82) is 0 Å². The maximum atomic E-state index is 13.8. The van der Waals surface area contributed by atoms with Crippen molar-refractivity contribution in [2.45, 2.75) is 91.4 Å². The van der Waals surface area contributed by atoms with Crippen molar-refractivity contribution >= 4 is 11.8 Å². The minimum Gasteiger partial charge on any atom is -0.507 e. The van der Waals surface area contributed by atoms with Gasteiger partial charge in [-0.1, -0.05) is 68.4 Å². The van der Waals surface area contributed by atoms with Gasteiger partial charge in [-0.25, -0.2) is 0 Å². The predicted molar refractivity (Wildman–Crippen MR) is 136 cm³/mol. The molecule has 5 nitrogen and oxygen atoms in total. The van der Waals surface area contributed by atoms with E-state index in [-0.39, 0.29) is 46.1 Å². The Morgan fingerprint density at radius 1 is 0.735 bits per heavy atom. The first-order chi connectivity index (χ1) is 15.4. The van der Waals surface area contributed by atoms with Gasteiger partial charge in [0.15, 0.2) is 5.78 Å². The fourth-order valence-electron chi connectivity index (χ4n) is 4.00. The number of methoxy groups -OCH3 is 1. The topological polar surface area (TPSA) is 83.8 Å². The van der Waals surface area contributed by atoms with E-state index in [1.165, 1.54) is 7.11 Å². The number of ketones is 1. The Hall–Kier alpha value is -2.82. The van der Waals surface area contributed by atoms with E-state index in [2.05, 4.69) is 0 Å². The number of rotatable bonds is 5. The first-order valence-electron chi connectivity index (χ1n) is 11.7. The standard InChI is InChI=1S/C29H40O5/c1-27(2,3)20-14-17(11-12-23(30)34-10)13-19(25(20)32)24(31)18-15-21(28(4,5)6)26(33)22(16-18)29(7,8)9/h13-16,32-33H,11-12H2,1-10H3. The van der Waals surface area contributed by atoms with Gasteiger partial charge in [0.1, 0.15) is 11.5 Å². The molecule has 0 saturated carbocycles. The molecule has 2 aromatic carbocycles. The van der Waals surface area contributed by atoms with Crippen LogP contribution in [-0.2, 0) is 32.2 Å². The summed E-state index contributed by atoms with van der Waals surface area (Å²) in [6.45, 7) is 17.9. The molecule has 0 amide bonds. The Kier molecular flexibility index (Phi) is 7.61. The molecule has 0 radical (unpaired) electrons. The molecule has 0 aromatic heterocycles. The summed E-state index contributed by atoms with van der Waals surface area (Å²) in [6.07, 6.45) is 0.576. The minimum absolute atomic E-state index is 0.0537. The lowest BCUT2D eigenvalue weighted by molar-refractivity contribution is -0.140. The van der Waals surface area contributed by atoms with E-state index < -0.39 is 5.41 Å². The number of hydrogen-bond donors (Lipinski definition) is 2. The zero-order valence-electron chi connectivity index (χ0n) is 22.3. The molecule has 0 aliphatic carbocycles. The van der Waals surface area contributed by atoms with Gasteiger partial charge >= 0.3 is 5.97 Å². The summed E-state index contributed by atoms with van der Waals surface area (Å²) >= 11 is 0. The molecule has 2 N–H and O–H groups in total. The Morgan fingerprint density at radius 3 is 1.59 bits per heavy atom. The number of aromatic hydroxyl groups is 2. The van der Waals surface area contributed by atoms with Crippen LogP contribution in [0.5, 0.6) is 11.5 Å². The van der Waals surface area contributed by atoms with E-state index in [1.54, 1.807) is 18.2 Å². The van der Waals surface area contributed by atoms with E-state index in [4.69, 9.17) is 4.74 Å². The van der Waals surface area contributed by atoms with Crippen molar-refractivity contribution in [1.82, 2.24) is 0 Å². The zero-order valence-corrected chi connectivity index (χ0v) is 22.3. The summed E-state index contributed by atoms with van der Waals surface area (Å²) in [4.78, 5) is 25.5. The SMILES string of the molecule is COC(=O)CCc1cc(C(=O)c2cc(C(C)(C)C)c(O)c(C(C)(C)C)c2)c(O)c(C(C)(C)C)c1. The number of phenols is 2. The van der Waals surface area contributed by atoms with Gasteiger partial charge in [0.2, 0.25) is 0 Å². The van der Waals surface area contributed by atoms with E-state index in [0.29, 0.717) is 28.7 Å². The third kappa shape index (κ3) is 5.99. The van der Waals surface area contributed by atoms with Crippen LogP contribution in [-0.4, -0.2) is 29.1 Å². The van der Waals surface area contributed by atoms with Crippen LogP contribution in [0, 0.1) is 0 Å². The summed E-state index contributed by atoms with van der Waals surface area (Å²) < 4.78 is 4.76. The Labute approximate surface area is 204 Å². The zero-order chi connectivity index (χ0) is 26.2. The average Bonchev–Trinajstić information content (AvgIpc) is 2.69. The fourth-order valence-corrected chi connectivity index (χ4v) is 4.00. The van der Waals surface area contributed by atoms with Crippen molar-refractivity contribution < 1.29 is 24.5 Å². The highest BCUT2D eigenvalue weighted by Crippen LogP contribution is 2.41. The largest absolute Gasteiger partial charge is 0.507 e. The molecular formula is C29H40O5. The highest BCUT2D eigenvalue weighted by atomic mass is 16.5. The van der Waals surface area contributed by atoms with Gasteiger partial charge in [0.05, 0.1) is 12.7 Å². The molecule has 2 rings (SSSR count). The van der Waals surface area contributed by atoms with Crippen LogP contribution in [0.4, 0.5) is 0 Å². The number of carbonyl (C=O) groups is 2. The summed E-state index contributed by atoms with van der Waals surface area (Å²) in [5, 5.41) is 22.2. The second-order valence-electron chi connectivity index (χ2n) is 12.1. The second kappa shape index (κ2) is 9.44. The summed E-state index contributed by atoms with van der Waals surface area (Å²) in [7, 11) is 1.35. The first-order valence-corrected chi connectivity index (χ1v) is 11.7. The average molecular weight is 469 g/mol. The van der Waals surface area contributed by atoms with Gasteiger partial charge < -0.3 is 14.9 Å². The predicted octanol–water partition coefficient (Wildman–Crippen LogP) is 6.33. The lowest BCUT2D eigenvalue weighted by Gasteiger charge is -2.28. The summed E-state index contributed by atoms with van der Waals surface area (Å²) in [6, 6.07) is 6.97. The summed E-state index contributed by atoms with van der Waals surface area (Å²) in [5.74, 6) is -0.509. The number of carbonyl (C=O) groups excluding carboxylic acids is 2. The maximum absolute atomic E-state index is 13.8. The van der Waals surface area contributed by atoms with E-state index in [0.717, 1.165) is 5.56 Å². The molecule has 5 heteroatoms. The van der Waals surface area contributed by atoms with E-state index in [9.17, 15) is 19.8 Å². The van der Waals surface area contributed by atoms with Crippen LogP contribution in [0.25, 0.3) is 0 Å². The lowest BCUT2D eigenvalue weighted by Crippen LogP contribution is -2.19. The molecule has 0 bridgehead atoms. The van der Waals surface area contributed by atoms with Gasteiger partial charge in [-0.15, -0.1) is 0 Å². The van der Waals surface area contributed by atoms with Crippen molar-refractivity contribution in [3.8, 4) is 11.5 Å². The van der Waals surface area contributed by atoms with Gasteiger partial charge in [0, 0.05) is 28.7 Å². The van der Waals surface area contributed by atoms with Crippen LogP contribution < -0.4 is 0 Å². The van der Waals surface area contributed by atoms with Crippen molar-refractivity contribution in [3.05, 3.63) is 57.6 Å². The van der Waals surface area contributed by atoms with Gasteiger partial charge in [-0.05, 0) is 46.4 Å². The quantitative estimate of drug-likeness (QED) is 0.396. The highest BCUT2D eigenvalue weighted by molar-refractivity contribution is 6.11. The Morgan fingerprint density at radius 2 is 1.18 bits per heavy atom. The lowest BCUT2D eigenvalue weighted by atomic mass is 9.77. The smallest absolute Gasteiger partial charge is 0.305 e. The molecule has 0 heterocycles. The normalized spacial score (nSPS) is 12.5. The molecule has 186 valence electrons. The molecule has 0 fully saturated rings. The number of phenolic OH excluding ortho intramolecular Hbond substituents is 2. The molecule has 0 unspecified atom stereocenters. The molecule has 0 aliphatic heterocycles. The molecule has 2 aromatic rings. The van der Waals surface area contributed by atoms with Crippen LogP contribution in [0.3, 0.4) is 0 Å². The molecule has 0 aliphatic rings. The molecule has 34 heavy (non-hydrogen) atoms. The number of aryl methyl sites for hydroxylation is 1. The van der Waals surface area contributed by atoms with E-state index >= 15 is 0 Å². The molecule has 0 atom stereocenters.